The lowest BCUT2D eigenvalue weighted by molar-refractivity contribution is 0.0969. The number of amides is 1. The highest BCUT2D eigenvalue weighted by atomic mass is 16.4. The second kappa shape index (κ2) is 3.12. The number of hydrogen-bond donors (Lipinski definition) is 2. The molecule has 2 rings (SSSR count). The van der Waals surface area contributed by atoms with E-state index in [2.05, 4.69) is 4.98 Å². The van der Waals surface area contributed by atoms with Gasteiger partial charge in [0, 0.05) is 5.56 Å². The Bertz CT molecular complexity index is 490. The molecule has 72 valence electrons. The summed E-state index contributed by atoms with van der Waals surface area (Å²) in [7, 11) is 0. The molecule has 0 fully saturated rings. The van der Waals surface area contributed by atoms with Crippen LogP contribution in [0.15, 0.2) is 22.6 Å². The van der Waals surface area contributed by atoms with Crippen molar-refractivity contribution >= 4 is 17.0 Å². The number of carbonyl (C=O) groups excluding carboxylic acids is 1. The van der Waals surface area contributed by atoms with E-state index in [1.165, 1.54) is 0 Å². The third-order valence-corrected chi connectivity index (χ3v) is 1.88. The van der Waals surface area contributed by atoms with Gasteiger partial charge in [-0.05, 0) is 6.07 Å². The number of nitrogens with two attached hydrogens (primary N) is 1. The van der Waals surface area contributed by atoms with Crippen LogP contribution in [0.4, 0.5) is 0 Å². The monoisotopic (exact) mass is 192 g/mol. The Labute approximate surface area is 79.2 Å². The van der Waals surface area contributed by atoms with Crippen LogP contribution in [0.3, 0.4) is 0 Å². The molecule has 5 heteroatoms. The van der Waals surface area contributed by atoms with Gasteiger partial charge in [-0.2, -0.15) is 0 Å². The summed E-state index contributed by atoms with van der Waals surface area (Å²) in [5, 5.41) is 8.99. The summed E-state index contributed by atoms with van der Waals surface area (Å²) in [6.07, 6.45) is 0. The number of aromatic nitrogens is 1. The van der Waals surface area contributed by atoms with Crippen LogP contribution in [-0.2, 0) is 6.61 Å². The average Bonchev–Trinajstić information content (AvgIpc) is 2.60. The van der Waals surface area contributed by atoms with Crippen molar-refractivity contribution < 1.29 is 14.3 Å². The standard InChI is InChI=1S/C9H8N2O3/c10-8(13)9-11-7-5(4-12)2-1-3-6(7)14-9/h1-3,12H,4H2,(H2,10,13). The fraction of sp³-hybridized carbons (Fsp3) is 0.111. The molecule has 0 spiro atoms. The van der Waals surface area contributed by atoms with Crippen molar-refractivity contribution in [2.45, 2.75) is 6.61 Å². The molecule has 1 heterocycles. The summed E-state index contributed by atoms with van der Waals surface area (Å²) < 4.78 is 5.08. The molecule has 0 aliphatic heterocycles. The van der Waals surface area contributed by atoms with Gasteiger partial charge in [0.05, 0.1) is 6.61 Å². The number of para-hydroxylation sites is 1. The second-order valence-corrected chi connectivity index (χ2v) is 2.81. The molecular formula is C9H8N2O3. The molecule has 2 aromatic rings. The number of hydrogen-bond acceptors (Lipinski definition) is 4. The number of oxazole rings is 1. The van der Waals surface area contributed by atoms with Gasteiger partial charge in [-0.15, -0.1) is 0 Å². The molecule has 0 aliphatic carbocycles. The number of nitrogens with zero attached hydrogens (tertiary/aromatic N) is 1. The smallest absolute Gasteiger partial charge is 0.304 e. The lowest BCUT2D eigenvalue weighted by Gasteiger charge is -1.93. The minimum absolute atomic E-state index is 0.138. The Morgan fingerprint density at radius 2 is 2.36 bits per heavy atom. The van der Waals surface area contributed by atoms with E-state index in [0.717, 1.165) is 0 Å². The summed E-state index contributed by atoms with van der Waals surface area (Å²) in [4.78, 5) is 14.7. The van der Waals surface area contributed by atoms with Gasteiger partial charge in [0.1, 0.15) is 5.52 Å². The van der Waals surface area contributed by atoms with Crippen LogP contribution >= 0.6 is 0 Å². The van der Waals surface area contributed by atoms with Crippen molar-refractivity contribution in [2.24, 2.45) is 5.73 Å². The van der Waals surface area contributed by atoms with Gasteiger partial charge in [0.25, 0.3) is 5.89 Å². The van der Waals surface area contributed by atoms with Crippen molar-refractivity contribution in [1.82, 2.24) is 4.98 Å². The first-order valence-corrected chi connectivity index (χ1v) is 4.01. The van der Waals surface area contributed by atoms with Gasteiger partial charge in [-0.25, -0.2) is 4.98 Å². The van der Waals surface area contributed by atoms with Crippen LogP contribution in [0.5, 0.6) is 0 Å². The summed E-state index contributed by atoms with van der Waals surface area (Å²) in [6.45, 7) is -0.151. The number of rotatable bonds is 2. The third-order valence-electron chi connectivity index (χ3n) is 1.88. The largest absolute Gasteiger partial charge is 0.432 e. The van der Waals surface area contributed by atoms with Crippen LogP contribution in [-0.4, -0.2) is 16.0 Å². The summed E-state index contributed by atoms with van der Waals surface area (Å²) in [5.74, 6) is -0.856. The van der Waals surface area contributed by atoms with Crippen molar-refractivity contribution in [3.05, 3.63) is 29.7 Å². The molecule has 0 atom stereocenters. The topological polar surface area (TPSA) is 89.4 Å². The van der Waals surface area contributed by atoms with Crippen molar-refractivity contribution in [3.63, 3.8) is 0 Å². The Kier molecular flexibility index (Phi) is 1.94. The zero-order chi connectivity index (χ0) is 10.1. The van der Waals surface area contributed by atoms with E-state index in [1.807, 2.05) is 0 Å². The van der Waals surface area contributed by atoms with Gasteiger partial charge in [0.15, 0.2) is 5.58 Å². The molecule has 1 amide bonds. The van der Waals surface area contributed by atoms with E-state index in [1.54, 1.807) is 18.2 Å². The molecule has 3 N–H and O–H groups in total. The zero-order valence-corrected chi connectivity index (χ0v) is 7.23. The van der Waals surface area contributed by atoms with Gasteiger partial charge in [0.2, 0.25) is 0 Å². The minimum Gasteiger partial charge on any atom is -0.432 e. The molecule has 0 radical (unpaired) electrons. The Balaban J connectivity index is 2.70. The number of carbonyl (C=O) groups is 1. The first-order valence-electron chi connectivity index (χ1n) is 4.01. The lowest BCUT2D eigenvalue weighted by atomic mass is 10.2. The average molecular weight is 192 g/mol. The highest BCUT2D eigenvalue weighted by Crippen LogP contribution is 2.19. The highest BCUT2D eigenvalue weighted by molar-refractivity contribution is 5.91. The number of aliphatic hydroxyl groups is 1. The van der Waals surface area contributed by atoms with Crippen LogP contribution in [0.25, 0.3) is 11.1 Å². The predicted molar refractivity (Wildman–Crippen MR) is 48.4 cm³/mol. The summed E-state index contributed by atoms with van der Waals surface area (Å²) >= 11 is 0. The molecule has 0 unspecified atom stereocenters. The van der Waals surface area contributed by atoms with Gasteiger partial charge < -0.3 is 15.3 Å². The first-order chi connectivity index (χ1) is 6.72. The van der Waals surface area contributed by atoms with E-state index < -0.39 is 5.91 Å². The Morgan fingerprint density at radius 3 is 3.00 bits per heavy atom. The second-order valence-electron chi connectivity index (χ2n) is 2.81. The third kappa shape index (κ3) is 1.23. The molecule has 0 saturated heterocycles. The molecule has 0 saturated carbocycles. The van der Waals surface area contributed by atoms with Crippen LogP contribution in [0.1, 0.15) is 16.2 Å². The van der Waals surface area contributed by atoms with E-state index in [9.17, 15) is 4.79 Å². The Morgan fingerprint density at radius 1 is 1.57 bits per heavy atom. The van der Waals surface area contributed by atoms with Gasteiger partial charge in [-0.3, -0.25) is 4.79 Å². The van der Waals surface area contributed by atoms with E-state index in [0.29, 0.717) is 16.7 Å². The summed E-state index contributed by atoms with van der Waals surface area (Å²) in [6, 6.07) is 5.08. The van der Waals surface area contributed by atoms with Gasteiger partial charge >= 0.3 is 5.91 Å². The quantitative estimate of drug-likeness (QED) is 0.721. The van der Waals surface area contributed by atoms with Crippen molar-refractivity contribution in [3.8, 4) is 0 Å². The normalized spacial score (nSPS) is 10.6. The summed E-state index contributed by atoms with van der Waals surface area (Å²) in [5.41, 5.74) is 6.55. The van der Waals surface area contributed by atoms with Crippen LogP contribution < -0.4 is 5.73 Å². The number of benzene rings is 1. The molecule has 1 aromatic carbocycles. The van der Waals surface area contributed by atoms with Crippen molar-refractivity contribution in [2.75, 3.05) is 0 Å². The maximum absolute atomic E-state index is 10.8. The molecule has 1 aromatic heterocycles. The fourth-order valence-corrected chi connectivity index (χ4v) is 1.24. The predicted octanol–water partition coefficient (Wildman–Crippen LogP) is 0.419. The molecule has 0 bridgehead atoms. The molecule has 5 nitrogen and oxygen atoms in total. The zero-order valence-electron chi connectivity index (χ0n) is 7.23. The Hall–Kier alpha value is -1.88. The maximum Gasteiger partial charge on any atom is 0.304 e. The molecule has 0 aliphatic rings. The lowest BCUT2D eigenvalue weighted by Crippen LogP contribution is -2.10. The fourth-order valence-electron chi connectivity index (χ4n) is 1.24. The number of fused-ring (bicyclic) bond motifs is 1. The highest BCUT2D eigenvalue weighted by Gasteiger charge is 2.12. The maximum atomic E-state index is 10.8. The number of primary amides is 1. The molecular weight excluding hydrogens is 184 g/mol. The number of aliphatic hydroxyl groups excluding tert-OH is 1. The van der Waals surface area contributed by atoms with E-state index in [-0.39, 0.29) is 12.5 Å². The van der Waals surface area contributed by atoms with E-state index in [4.69, 9.17) is 15.3 Å². The molecule has 14 heavy (non-hydrogen) atoms. The van der Waals surface area contributed by atoms with Gasteiger partial charge in [-0.1, -0.05) is 12.1 Å². The van der Waals surface area contributed by atoms with Crippen LogP contribution in [0, 0.1) is 0 Å². The SMILES string of the molecule is NC(=O)c1nc2c(CO)cccc2o1. The minimum atomic E-state index is -0.718. The van der Waals surface area contributed by atoms with Crippen molar-refractivity contribution in [1.29, 1.82) is 0 Å². The van der Waals surface area contributed by atoms with Crippen LogP contribution in [0.2, 0.25) is 0 Å². The van der Waals surface area contributed by atoms with E-state index >= 15 is 0 Å². The first kappa shape index (κ1) is 8.71.